The minimum atomic E-state index is -0.663. The van der Waals surface area contributed by atoms with Gasteiger partial charge in [0.05, 0.1) is 11.2 Å². The lowest BCUT2D eigenvalue weighted by Gasteiger charge is -2.36. The highest BCUT2D eigenvalue weighted by atomic mass is 19.1. The van der Waals surface area contributed by atoms with Crippen molar-refractivity contribution in [1.29, 1.82) is 0 Å². The molecule has 0 atom stereocenters. The Kier molecular flexibility index (Phi) is 5.47. The number of nitrogens with zero attached hydrogens (tertiary/aromatic N) is 4. The lowest BCUT2D eigenvalue weighted by Crippen LogP contribution is -2.46. The molecule has 2 saturated carbocycles. The molecule has 1 aromatic carbocycles. The lowest BCUT2D eigenvalue weighted by molar-refractivity contribution is 0.0945. The van der Waals surface area contributed by atoms with E-state index in [2.05, 4.69) is 25.2 Å². The monoisotopic (exact) mass is 480 g/mol. The van der Waals surface area contributed by atoms with Crippen LogP contribution in [0.25, 0.3) is 11.0 Å². The fraction of sp³-hybridized carbons (Fsp3) is 0.440. The first-order valence-electron chi connectivity index (χ1n) is 12.1. The summed E-state index contributed by atoms with van der Waals surface area (Å²) in [6, 6.07) is 6.82. The van der Waals surface area contributed by atoms with Crippen molar-refractivity contribution in [2.24, 2.45) is 0 Å². The molecule has 2 N–H and O–H groups in total. The molecule has 3 heterocycles. The maximum absolute atomic E-state index is 15.2. The summed E-state index contributed by atoms with van der Waals surface area (Å²) in [6.45, 7) is 2.69. The molecule has 0 bridgehead atoms. The Balaban J connectivity index is 1.11. The zero-order valence-electron chi connectivity index (χ0n) is 19.2. The fourth-order valence-corrected chi connectivity index (χ4v) is 4.60. The van der Waals surface area contributed by atoms with Gasteiger partial charge in [0.15, 0.2) is 5.82 Å². The molecule has 1 saturated heterocycles. The number of carbonyl (C=O) groups excluding carboxylic acids is 1. The first-order chi connectivity index (χ1) is 17.0. The van der Waals surface area contributed by atoms with E-state index in [9.17, 15) is 14.0 Å². The number of nitrogens with one attached hydrogen (secondary N) is 2. The number of H-pyrrole nitrogens is 1. The number of aromatic amines is 1. The van der Waals surface area contributed by atoms with Gasteiger partial charge in [-0.05, 0) is 43.9 Å². The predicted octanol–water partition coefficient (Wildman–Crippen LogP) is 2.69. The smallest absolute Gasteiger partial charge is 0.270 e. The van der Waals surface area contributed by atoms with Crippen LogP contribution in [0.4, 0.5) is 14.5 Å². The van der Waals surface area contributed by atoms with Gasteiger partial charge in [-0.2, -0.15) is 4.39 Å². The highest BCUT2D eigenvalue weighted by molar-refractivity contribution is 5.92. The quantitative estimate of drug-likeness (QED) is 0.527. The summed E-state index contributed by atoms with van der Waals surface area (Å²) in [6.07, 6.45) is 3.81. The number of fused-ring (bicyclic) bond motifs is 1. The molecule has 10 heteroatoms. The maximum Gasteiger partial charge on any atom is 0.270 e. The van der Waals surface area contributed by atoms with Gasteiger partial charge in [-0.15, -0.1) is 0 Å². The van der Waals surface area contributed by atoms with E-state index in [-0.39, 0.29) is 34.6 Å². The standard InChI is InChI=1S/C25H26F2N6O2/c26-20-15(3-6-17-22(20)31-25(35)21(29-17)14-1-2-14)13-32-9-11-33(12-10-32)19-8-7-18(30-23(19)27)24(34)28-16-4-5-16/h3,6-8,14,16H,1-2,4-5,9-13H2,(H,28,34)(H,31,35). The molecule has 0 radical (unpaired) electrons. The van der Waals surface area contributed by atoms with E-state index in [1.165, 1.54) is 0 Å². The average Bonchev–Trinajstić information content (AvgIpc) is 3.77. The summed E-state index contributed by atoms with van der Waals surface area (Å²) in [5.41, 5.74) is 1.74. The van der Waals surface area contributed by atoms with Gasteiger partial charge in [-0.1, -0.05) is 6.07 Å². The molecular formula is C25H26F2N6O2. The SMILES string of the molecule is O=C(NC1CC1)c1ccc(N2CCN(Cc3ccc4nc(C5CC5)c(=O)[nH]c4c3F)CC2)c(F)n1. The van der Waals surface area contributed by atoms with E-state index in [1.807, 2.05) is 4.90 Å². The van der Waals surface area contributed by atoms with Gasteiger partial charge in [0.1, 0.15) is 16.9 Å². The van der Waals surface area contributed by atoms with Gasteiger partial charge >= 0.3 is 0 Å². The first kappa shape index (κ1) is 22.1. The molecule has 3 aliphatic rings. The second kappa shape index (κ2) is 8.67. The topological polar surface area (TPSA) is 94.2 Å². The van der Waals surface area contributed by atoms with E-state index in [0.717, 1.165) is 25.7 Å². The summed E-state index contributed by atoms with van der Waals surface area (Å²) < 4.78 is 29.9. The maximum atomic E-state index is 15.2. The molecule has 182 valence electrons. The van der Waals surface area contributed by atoms with E-state index >= 15 is 4.39 Å². The normalized spacial score (nSPS) is 18.7. The van der Waals surface area contributed by atoms with Crippen LogP contribution in [0.15, 0.2) is 29.1 Å². The number of halogens is 2. The van der Waals surface area contributed by atoms with Crippen LogP contribution >= 0.6 is 0 Å². The fourth-order valence-electron chi connectivity index (χ4n) is 4.60. The molecule has 2 aliphatic carbocycles. The third-order valence-corrected chi connectivity index (χ3v) is 6.96. The summed E-state index contributed by atoms with van der Waals surface area (Å²) in [5.74, 6) is -1.27. The minimum Gasteiger partial charge on any atom is -0.365 e. The number of aromatic nitrogens is 3. The molecule has 8 nitrogen and oxygen atoms in total. The largest absolute Gasteiger partial charge is 0.365 e. The summed E-state index contributed by atoms with van der Waals surface area (Å²) >= 11 is 0. The molecule has 0 unspecified atom stereocenters. The third-order valence-electron chi connectivity index (χ3n) is 6.96. The second-order valence-electron chi connectivity index (χ2n) is 9.68. The van der Waals surface area contributed by atoms with Crippen molar-refractivity contribution in [2.45, 2.75) is 44.2 Å². The van der Waals surface area contributed by atoms with Gasteiger partial charge in [-0.3, -0.25) is 14.5 Å². The van der Waals surface area contributed by atoms with E-state index in [0.29, 0.717) is 55.2 Å². The van der Waals surface area contributed by atoms with Crippen molar-refractivity contribution in [3.8, 4) is 0 Å². The van der Waals surface area contributed by atoms with Crippen LogP contribution in [0.1, 0.15) is 53.3 Å². The van der Waals surface area contributed by atoms with Crippen molar-refractivity contribution < 1.29 is 13.6 Å². The van der Waals surface area contributed by atoms with Crippen LogP contribution < -0.4 is 15.8 Å². The van der Waals surface area contributed by atoms with E-state index in [4.69, 9.17) is 0 Å². The second-order valence-corrected chi connectivity index (χ2v) is 9.68. The molecule has 0 spiro atoms. The van der Waals surface area contributed by atoms with Crippen LogP contribution in [-0.2, 0) is 6.54 Å². The number of anilines is 1. The Hall–Kier alpha value is -3.40. The molecule has 3 fully saturated rings. The molecule has 2 aromatic heterocycles. The van der Waals surface area contributed by atoms with Crippen LogP contribution in [0.5, 0.6) is 0 Å². The highest BCUT2D eigenvalue weighted by Gasteiger charge is 2.29. The number of pyridine rings is 1. The van der Waals surface area contributed by atoms with Crippen LogP contribution in [0, 0.1) is 11.8 Å². The summed E-state index contributed by atoms with van der Waals surface area (Å²) in [7, 11) is 0. The van der Waals surface area contributed by atoms with Crippen LogP contribution in [0.3, 0.4) is 0 Å². The number of hydrogen-bond acceptors (Lipinski definition) is 6. The lowest BCUT2D eigenvalue weighted by atomic mass is 10.1. The van der Waals surface area contributed by atoms with Crippen molar-refractivity contribution in [3.63, 3.8) is 0 Å². The Morgan fingerprint density at radius 1 is 1.03 bits per heavy atom. The predicted molar refractivity (Wildman–Crippen MR) is 126 cm³/mol. The van der Waals surface area contributed by atoms with Crippen molar-refractivity contribution >= 4 is 22.6 Å². The number of hydrogen-bond donors (Lipinski definition) is 2. The highest BCUT2D eigenvalue weighted by Crippen LogP contribution is 2.37. The number of amides is 1. The molecule has 1 amide bonds. The van der Waals surface area contributed by atoms with Crippen LogP contribution in [-0.4, -0.2) is 58.0 Å². The van der Waals surface area contributed by atoms with Crippen molar-refractivity contribution in [2.75, 3.05) is 31.1 Å². The number of rotatable bonds is 6. The van der Waals surface area contributed by atoms with Gasteiger partial charge in [0, 0.05) is 50.2 Å². The Labute approximate surface area is 200 Å². The zero-order valence-corrected chi connectivity index (χ0v) is 19.2. The van der Waals surface area contributed by atoms with Crippen LogP contribution in [0.2, 0.25) is 0 Å². The van der Waals surface area contributed by atoms with Gasteiger partial charge in [0.2, 0.25) is 5.95 Å². The summed E-state index contributed by atoms with van der Waals surface area (Å²) in [5, 5.41) is 2.81. The number of piperazine rings is 1. The number of benzene rings is 1. The molecule has 35 heavy (non-hydrogen) atoms. The van der Waals surface area contributed by atoms with E-state index < -0.39 is 11.8 Å². The Bertz CT molecular complexity index is 1360. The first-order valence-corrected chi connectivity index (χ1v) is 12.1. The van der Waals surface area contributed by atoms with Gasteiger partial charge in [-0.25, -0.2) is 14.4 Å². The van der Waals surface area contributed by atoms with Gasteiger partial charge < -0.3 is 15.2 Å². The number of carbonyl (C=O) groups is 1. The van der Waals surface area contributed by atoms with Crippen molar-refractivity contribution in [3.05, 3.63) is 63.3 Å². The average molecular weight is 481 g/mol. The minimum absolute atomic E-state index is 0.0837. The summed E-state index contributed by atoms with van der Waals surface area (Å²) in [4.78, 5) is 39.4. The molecule has 1 aliphatic heterocycles. The van der Waals surface area contributed by atoms with Gasteiger partial charge in [0.25, 0.3) is 11.5 Å². The van der Waals surface area contributed by atoms with Crippen molar-refractivity contribution in [1.82, 2.24) is 25.2 Å². The molecule has 3 aromatic rings. The zero-order chi connectivity index (χ0) is 24.1. The molecular weight excluding hydrogens is 454 g/mol. The third kappa shape index (κ3) is 4.50. The molecule has 6 rings (SSSR count). The van der Waals surface area contributed by atoms with E-state index in [1.54, 1.807) is 24.3 Å². The Morgan fingerprint density at radius 2 is 1.80 bits per heavy atom. The Morgan fingerprint density at radius 3 is 2.49 bits per heavy atom.